The lowest BCUT2D eigenvalue weighted by Crippen LogP contribution is -2.09. The topological polar surface area (TPSA) is 66.7 Å². The van der Waals surface area contributed by atoms with Gasteiger partial charge in [0.15, 0.2) is 0 Å². The maximum Gasteiger partial charge on any atom is 0.416 e. The number of hydrogen-bond donors (Lipinski definition) is 3. The largest absolute Gasteiger partial charge is 0.416 e. The van der Waals surface area contributed by atoms with Crippen molar-refractivity contribution in [1.82, 2.24) is 10.2 Å². The van der Waals surface area contributed by atoms with Crippen molar-refractivity contribution in [3.63, 3.8) is 0 Å². The molecule has 0 saturated carbocycles. The van der Waals surface area contributed by atoms with Crippen LogP contribution in [-0.2, 0) is 12.6 Å². The number of nitrogens with one attached hydrogen (secondary N) is 2. The highest BCUT2D eigenvalue weighted by Gasteiger charge is 2.30. The lowest BCUT2D eigenvalue weighted by molar-refractivity contribution is -0.137. The number of alkyl halides is 3. The molecule has 1 aromatic carbocycles. The summed E-state index contributed by atoms with van der Waals surface area (Å²) in [5.74, 6) is 0. The maximum atomic E-state index is 12.5. The summed E-state index contributed by atoms with van der Waals surface area (Å²) in [5.41, 5.74) is 7.69. The van der Waals surface area contributed by atoms with Gasteiger partial charge in [-0.15, -0.1) is 0 Å². The first-order chi connectivity index (χ1) is 9.88. The van der Waals surface area contributed by atoms with Gasteiger partial charge in [-0.2, -0.15) is 18.3 Å². The number of halogens is 3. The molecule has 0 saturated heterocycles. The minimum absolute atomic E-state index is 0.101. The molecule has 0 amide bonds. The first kappa shape index (κ1) is 15.2. The van der Waals surface area contributed by atoms with E-state index in [0.717, 1.165) is 36.2 Å². The van der Waals surface area contributed by atoms with Crippen LogP contribution in [-0.4, -0.2) is 16.7 Å². The first-order valence-electron chi connectivity index (χ1n) is 6.57. The fourth-order valence-corrected chi connectivity index (χ4v) is 2.03. The Morgan fingerprint density at radius 3 is 2.67 bits per heavy atom. The van der Waals surface area contributed by atoms with E-state index in [0.29, 0.717) is 12.2 Å². The van der Waals surface area contributed by atoms with Crippen molar-refractivity contribution >= 4 is 11.4 Å². The minimum Gasteiger partial charge on any atom is -0.397 e. The fraction of sp³-hybridized carbons (Fsp3) is 0.357. The molecule has 0 spiro atoms. The Hall–Kier alpha value is -2.18. The Balaban J connectivity index is 1.88. The molecule has 0 bridgehead atoms. The third kappa shape index (κ3) is 3.90. The second kappa shape index (κ2) is 6.07. The van der Waals surface area contributed by atoms with E-state index in [1.165, 1.54) is 6.07 Å². The van der Waals surface area contributed by atoms with E-state index in [9.17, 15) is 13.2 Å². The molecule has 0 aliphatic rings. The second-order valence-corrected chi connectivity index (χ2v) is 4.85. The van der Waals surface area contributed by atoms with Gasteiger partial charge in [0.25, 0.3) is 0 Å². The third-order valence-corrected chi connectivity index (χ3v) is 3.25. The van der Waals surface area contributed by atoms with Crippen molar-refractivity contribution < 1.29 is 13.2 Å². The molecule has 21 heavy (non-hydrogen) atoms. The van der Waals surface area contributed by atoms with E-state index in [4.69, 9.17) is 5.73 Å². The quantitative estimate of drug-likeness (QED) is 0.585. The van der Waals surface area contributed by atoms with Crippen LogP contribution in [0, 0.1) is 6.92 Å². The summed E-state index contributed by atoms with van der Waals surface area (Å²) in [6.07, 6.45) is -0.913. The smallest absolute Gasteiger partial charge is 0.397 e. The van der Waals surface area contributed by atoms with Crippen molar-refractivity contribution in [3.8, 4) is 0 Å². The molecule has 0 atom stereocenters. The molecule has 2 aromatic rings. The van der Waals surface area contributed by atoms with Gasteiger partial charge in [-0.1, -0.05) is 0 Å². The van der Waals surface area contributed by atoms with Gasteiger partial charge < -0.3 is 11.1 Å². The van der Waals surface area contributed by atoms with Crippen LogP contribution in [0.1, 0.15) is 23.2 Å². The molecule has 2 rings (SSSR count). The van der Waals surface area contributed by atoms with Gasteiger partial charge in [-0.05, 0) is 43.5 Å². The SMILES string of the molecule is Cc1[nH]ncc1CCCNc1ccc(C(F)(F)F)cc1N. The molecule has 1 heterocycles. The van der Waals surface area contributed by atoms with Gasteiger partial charge in [-0.3, -0.25) is 5.10 Å². The number of rotatable bonds is 5. The zero-order valence-electron chi connectivity index (χ0n) is 11.6. The van der Waals surface area contributed by atoms with Crippen molar-refractivity contribution in [3.05, 3.63) is 41.2 Å². The Morgan fingerprint density at radius 2 is 2.10 bits per heavy atom. The summed E-state index contributed by atoms with van der Waals surface area (Å²) in [6.45, 7) is 2.57. The molecular weight excluding hydrogens is 281 g/mol. The molecule has 4 nitrogen and oxygen atoms in total. The second-order valence-electron chi connectivity index (χ2n) is 4.85. The van der Waals surface area contributed by atoms with E-state index < -0.39 is 11.7 Å². The minimum atomic E-state index is -4.37. The highest BCUT2D eigenvalue weighted by molar-refractivity contribution is 5.67. The van der Waals surface area contributed by atoms with E-state index in [2.05, 4.69) is 15.5 Å². The fourth-order valence-electron chi connectivity index (χ4n) is 2.03. The zero-order chi connectivity index (χ0) is 15.5. The monoisotopic (exact) mass is 298 g/mol. The number of nitrogens with zero attached hydrogens (tertiary/aromatic N) is 1. The van der Waals surface area contributed by atoms with Crippen molar-refractivity contribution in [2.24, 2.45) is 0 Å². The predicted octanol–water partition coefficient (Wildman–Crippen LogP) is 3.36. The number of nitrogen functional groups attached to an aromatic ring is 1. The summed E-state index contributed by atoms with van der Waals surface area (Å²) in [5, 5.41) is 9.84. The van der Waals surface area contributed by atoms with Gasteiger partial charge in [0.05, 0.1) is 23.1 Å². The van der Waals surface area contributed by atoms with Crippen LogP contribution in [0.3, 0.4) is 0 Å². The Bertz CT molecular complexity index is 605. The predicted molar refractivity (Wildman–Crippen MR) is 76.0 cm³/mol. The van der Waals surface area contributed by atoms with Crippen molar-refractivity contribution in [2.75, 3.05) is 17.6 Å². The Morgan fingerprint density at radius 1 is 1.33 bits per heavy atom. The van der Waals surface area contributed by atoms with Crippen LogP contribution in [0.2, 0.25) is 0 Å². The van der Waals surface area contributed by atoms with Crippen molar-refractivity contribution in [2.45, 2.75) is 25.9 Å². The van der Waals surface area contributed by atoms with E-state index in [-0.39, 0.29) is 5.69 Å². The third-order valence-electron chi connectivity index (χ3n) is 3.25. The summed E-state index contributed by atoms with van der Waals surface area (Å²) in [7, 11) is 0. The van der Waals surface area contributed by atoms with E-state index in [1.54, 1.807) is 6.20 Å². The van der Waals surface area contributed by atoms with Crippen LogP contribution in [0.5, 0.6) is 0 Å². The lowest BCUT2D eigenvalue weighted by Gasteiger charge is -2.12. The van der Waals surface area contributed by atoms with Crippen LogP contribution in [0.25, 0.3) is 0 Å². The molecule has 7 heteroatoms. The van der Waals surface area contributed by atoms with Gasteiger partial charge in [0.2, 0.25) is 0 Å². The van der Waals surface area contributed by atoms with Crippen LogP contribution in [0.4, 0.5) is 24.5 Å². The first-order valence-corrected chi connectivity index (χ1v) is 6.57. The lowest BCUT2D eigenvalue weighted by atomic mass is 10.1. The summed E-state index contributed by atoms with van der Waals surface area (Å²) >= 11 is 0. The van der Waals surface area contributed by atoms with Gasteiger partial charge >= 0.3 is 6.18 Å². The summed E-state index contributed by atoms with van der Waals surface area (Å²) in [4.78, 5) is 0. The van der Waals surface area contributed by atoms with Gasteiger partial charge in [0.1, 0.15) is 0 Å². The van der Waals surface area contributed by atoms with E-state index in [1.807, 2.05) is 6.92 Å². The highest BCUT2D eigenvalue weighted by Crippen LogP contribution is 2.32. The molecule has 0 aliphatic carbocycles. The molecule has 114 valence electrons. The van der Waals surface area contributed by atoms with E-state index >= 15 is 0 Å². The van der Waals surface area contributed by atoms with Gasteiger partial charge in [-0.25, -0.2) is 0 Å². The van der Waals surface area contributed by atoms with Crippen LogP contribution < -0.4 is 11.1 Å². The number of anilines is 2. The number of H-pyrrole nitrogens is 1. The molecule has 0 radical (unpaired) electrons. The number of benzene rings is 1. The molecule has 0 aliphatic heterocycles. The van der Waals surface area contributed by atoms with Gasteiger partial charge in [0, 0.05) is 12.2 Å². The van der Waals surface area contributed by atoms with Crippen LogP contribution >= 0.6 is 0 Å². The number of aromatic nitrogens is 2. The molecule has 0 unspecified atom stereocenters. The average molecular weight is 298 g/mol. The number of nitrogens with two attached hydrogens (primary N) is 1. The summed E-state index contributed by atoms with van der Waals surface area (Å²) in [6, 6.07) is 3.34. The Kier molecular flexibility index (Phi) is 4.40. The average Bonchev–Trinajstić information content (AvgIpc) is 2.80. The highest BCUT2D eigenvalue weighted by atomic mass is 19.4. The number of aromatic amines is 1. The number of hydrogen-bond acceptors (Lipinski definition) is 3. The standard InChI is InChI=1S/C14H17F3N4/c1-9-10(8-20-21-9)3-2-6-19-13-5-4-11(7-12(13)18)14(15,16)17/h4-5,7-8,19H,2-3,6,18H2,1H3,(H,20,21). The van der Waals surface area contributed by atoms with Crippen LogP contribution in [0.15, 0.2) is 24.4 Å². The number of aryl methyl sites for hydroxylation is 2. The molecular formula is C14H17F3N4. The summed E-state index contributed by atoms with van der Waals surface area (Å²) < 4.78 is 37.5. The zero-order valence-corrected chi connectivity index (χ0v) is 11.6. The normalized spacial score (nSPS) is 11.6. The molecule has 0 fully saturated rings. The maximum absolute atomic E-state index is 12.5. The molecule has 1 aromatic heterocycles. The van der Waals surface area contributed by atoms with Crippen molar-refractivity contribution in [1.29, 1.82) is 0 Å². The molecule has 4 N–H and O–H groups in total. The Labute approximate surface area is 120 Å².